The van der Waals surface area contributed by atoms with Crippen LogP contribution in [0.1, 0.15) is 44.7 Å². The minimum Gasteiger partial charge on any atom is -0.504 e. The van der Waals surface area contributed by atoms with Crippen LogP contribution >= 0.6 is 0 Å². The third-order valence-corrected chi connectivity index (χ3v) is 9.44. The van der Waals surface area contributed by atoms with Crippen molar-refractivity contribution in [3.8, 4) is 11.5 Å². The van der Waals surface area contributed by atoms with Crippen LogP contribution in [0.3, 0.4) is 0 Å². The van der Waals surface area contributed by atoms with Gasteiger partial charge < -0.3 is 14.9 Å². The number of phenols is 1. The van der Waals surface area contributed by atoms with Crippen LogP contribution in [-0.2, 0) is 5.41 Å². The number of likely N-dealkylation sites (tertiary alicyclic amines) is 1. The van der Waals surface area contributed by atoms with Crippen molar-refractivity contribution < 1.29 is 29.5 Å². The lowest BCUT2D eigenvalue weighted by Crippen LogP contribution is -2.92. The molecule has 6 atom stereocenters. The molecule has 2 aromatic carbocycles. The number of benzene rings is 2. The number of hydrogen-bond donors (Lipinski definition) is 2. The lowest BCUT2D eigenvalue weighted by Gasteiger charge is -2.77. The second kappa shape index (κ2) is 6.96. The van der Waals surface area contributed by atoms with E-state index < -0.39 is 45.6 Å². The first-order valence-corrected chi connectivity index (χ1v) is 12.4. The van der Waals surface area contributed by atoms with Gasteiger partial charge in [0.2, 0.25) is 0 Å². The predicted octanol–water partition coefficient (Wildman–Crippen LogP) is 2.30. The molecule has 190 valence electrons. The zero-order valence-electron chi connectivity index (χ0n) is 20.1. The molecule has 10 heteroatoms. The zero-order valence-corrected chi connectivity index (χ0v) is 20.1. The molecule has 5 aliphatic rings. The quantitative estimate of drug-likeness (QED) is 0.281. The number of rotatable bonds is 4. The summed E-state index contributed by atoms with van der Waals surface area (Å²) >= 11 is 0. The van der Waals surface area contributed by atoms with Crippen molar-refractivity contribution in [2.24, 2.45) is 5.92 Å². The number of carbonyl (C=O) groups is 2. The number of nitrogens with zero attached hydrogens (tertiary/aromatic N) is 3. The van der Waals surface area contributed by atoms with Crippen LogP contribution in [0, 0.1) is 23.0 Å². The largest absolute Gasteiger partial charge is 0.504 e. The maximum absolute atomic E-state index is 13.6. The van der Waals surface area contributed by atoms with E-state index >= 15 is 0 Å². The van der Waals surface area contributed by atoms with Crippen LogP contribution in [0.5, 0.6) is 11.5 Å². The minimum atomic E-state index is -1.20. The smallest absolute Gasteiger partial charge is 0.282 e. The van der Waals surface area contributed by atoms with Crippen LogP contribution < -0.4 is 4.74 Å². The van der Waals surface area contributed by atoms with Crippen molar-refractivity contribution in [3.05, 3.63) is 75.4 Å². The number of aryl methyl sites for hydroxylation is 1. The van der Waals surface area contributed by atoms with Gasteiger partial charge >= 0.3 is 0 Å². The maximum atomic E-state index is 13.6. The first kappa shape index (κ1) is 22.4. The molecular weight excluding hydrogens is 478 g/mol. The van der Waals surface area contributed by atoms with Crippen LogP contribution in [0.25, 0.3) is 0 Å². The van der Waals surface area contributed by atoms with Crippen molar-refractivity contribution in [2.45, 2.75) is 49.0 Å². The summed E-state index contributed by atoms with van der Waals surface area (Å²) in [5.41, 5.74) is -1.18. The average molecular weight is 504 g/mol. The fraction of sp³-hybridized carbons (Fsp3) is 0.407. The maximum Gasteiger partial charge on any atom is 0.282 e. The molecule has 7 rings (SSSR count). The highest BCUT2D eigenvalue weighted by atomic mass is 16.6. The molecule has 0 bridgehead atoms. The van der Waals surface area contributed by atoms with Gasteiger partial charge in [0.25, 0.3) is 17.5 Å². The molecule has 37 heavy (non-hydrogen) atoms. The van der Waals surface area contributed by atoms with Gasteiger partial charge in [-0.15, -0.1) is 6.58 Å². The van der Waals surface area contributed by atoms with E-state index in [1.54, 1.807) is 18.2 Å². The third kappa shape index (κ3) is 2.30. The van der Waals surface area contributed by atoms with Gasteiger partial charge in [-0.2, -0.15) is 0 Å². The van der Waals surface area contributed by atoms with E-state index in [2.05, 4.69) is 11.5 Å². The fourth-order valence-electron chi connectivity index (χ4n) is 8.22. The molecule has 3 fully saturated rings. The first-order chi connectivity index (χ1) is 17.7. The Hall–Kier alpha value is -3.76. The molecule has 1 saturated heterocycles. The Morgan fingerprint density at radius 1 is 1.27 bits per heavy atom. The molecule has 2 aliphatic carbocycles. The summed E-state index contributed by atoms with van der Waals surface area (Å²) in [5, 5.41) is 34.7. The topological polar surface area (TPSA) is 133 Å². The zero-order chi connectivity index (χ0) is 26.0. The average Bonchev–Trinajstić information content (AvgIpc) is 3.35. The number of piperidine rings is 1. The van der Waals surface area contributed by atoms with E-state index in [1.807, 2.05) is 6.92 Å². The second-order valence-corrected chi connectivity index (χ2v) is 10.8. The second-order valence-electron chi connectivity index (χ2n) is 10.8. The number of nitro benzene ring substituents is 1. The Morgan fingerprint density at radius 3 is 2.78 bits per heavy atom. The molecule has 0 aromatic heterocycles. The van der Waals surface area contributed by atoms with E-state index in [1.165, 1.54) is 18.2 Å². The molecular formula is C27H25N3O7. The highest BCUT2D eigenvalue weighted by molar-refractivity contribution is 6.23. The first-order valence-electron chi connectivity index (χ1n) is 12.4. The molecule has 0 radical (unpaired) electrons. The Morgan fingerprint density at radius 2 is 2.05 bits per heavy atom. The molecule has 10 nitrogen and oxygen atoms in total. The summed E-state index contributed by atoms with van der Waals surface area (Å²) in [4.78, 5) is 41.4. The number of aliphatic hydroxyl groups is 1. The Balaban J connectivity index is 1.37. The number of imide groups is 1. The van der Waals surface area contributed by atoms with Crippen LogP contribution in [0.4, 0.5) is 5.69 Å². The van der Waals surface area contributed by atoms with Gasteiger partial charge in [0.15, 0.2) is 11.5 Å². The minimum absolute atomic E-state index is 0.00378. The predicted molar refractivity (Wildman–Crippen MR) is 130 cm³/mol. The van der Waals surface area contributed by atoms with Gasteiger partial charge in [-0.3, -0.25) is 29.5 Å². The number of phenolic OH excluding ortho intramolecular Hbond substituents is 1. The molecule has 1 spiro atoms. The van der Waals surface area contributed by atoms with E-state index in [4.69, 9.17) is 4.74 Å². The molecule has 3 aliphatic heterocycles. The van der Waals surface area contributed by atoms with E-state index in [9.17, 15) is 29.9 Å². The van der Waals surface area contributed by atoms with Crippen molar-refractivity contribution in [1.29, 1.82) is 0 Å². The molecule has 2 N–H and O–H groups in total. The van der Waals surface area contributed by atoms with E-state index in [0.29, 0.717) is 19.5 Å². The van der Waals surface area contributed by atoms with Crippen molar-refractivity contribution in [2.75, 3.05) is 13.1 Å². The lowest BCUT2D eigenvalue weighted by atomic mass is 9.35. The van der Waals surface area contributed by atoms with Gasteiger partial charge in [0, 0.05) is 36.7 Å². The van der Waals surface area contributed by atoms with Crippen LogP contribution in [0.2, 0.25) is 0 Å². The molecule has 1 unspecified atom stereocenters. The van der Waals surface area contributed by atoms with Crippen molar-refractivity contribution in [1.82, 2.24) is 9.80 Å². The summed E-state index contributed by atoms with van der Waals surface area (Å²) in [6, 6.07) is 6.48. The number of carbonyl (C=O) groups excluding carboxylic acids is 2. The Kier molecular flexibility index (Phi) is 4.22. The van der Waals surface area contributed by atoms with Gasteiger partial charge in [-0.1, -0.05) is 18.2 Å². The van der Waals surface area contributed by atoms with Crippen molar-refractivity contribution >= 4 is 17.5 Å². The third-order valence-electron chi connectivity index (χ3n) is 9.44. The number of hydrogen-bond acceptors (Lipinski definition) is 8. The summed E-state index contributed by atoms with van der Waals surface area (Å²) in [7, 11) is 0. The van der Waals surface area contributed by atoms with Gasteiger partial charge in [-0.05, 0) is 37.5 Å². The lowest BCUT2D eigenvalue weighted by molar-refractivity contribution is -0.385. The van der Waals surface area contributed by atoms with Crippen molar-refractivity contribution in [3.63, 3.8) is 0 Å². The van der Waals surface area contributed by atoms with E-state index in [-0.39, 0.29) is 41.0 Å². The highest BCUT2D eigenvalue weighted by Crippen LogP contribution is 2.73. The number of aromatic hydroxyl groups is 1. The number of amides is 2. The summed E-state index contributed by atoms with van der Waals surface area (Å²) in [5.74, 6) is -1.13. The van der Waals surface area contributed by atoms with Gasteiger partial charge in [0.1, 0.15) is 11.7 Å². The van der Waals surface area contributed by atoms with Gasteiger partial charge in [0.05, 0.1) is 27.5 Å². The number of ether oxygens (including phenoxy) is 1. The molecule has 2 amide bonds. The Labute approximate surface area is 211 Å². The molecule has 2 aromatic rings. The van der Waals surface area contributed by atoms with Crippen LogP contribution in [-0.4, -0.2) is 73.6 Å². The van der Waals surface area contributed by atoms with Crippen LogP contribution in [0.15, 0.2) is 43.0 Å². The monoisotopic (exact) mass is 503 g/mol. The summed E-state index contributed by atoms with van der Waals surface area (Å²) in [6.07, 6.45) is 1.56. The fourth-order valence-corrected chi connectivity index (χ4v) is 8.22. The molecule has 3 heterocycles. The standard InChI is InChI=1S/C27H25N3O7/c1-3-11-28-12-15-22(28)26(34)10-9-17(23-27(15,26)20-13(2)7-8-18(31)21(20)37-23)29-24(32)14-5-4-6-16(30(35)36)19(14)25(29)33/h3-8,15,17,22-23,31,34H,1,9-12H2,2H3/t15?,17-,22-,23+,26-,27+/m1/s1. The Bertz CT molecular complexity index is 1460. The number of nitro groups is 1. The summed E-state index contributed by atoms with van der Waals surface area (Å²) in [6.45, 7) is 7.04. The number of fused-ring (bicyclic) bond motifs is 4. The van der Waals surface area contributed by atoms with E-state index in [0.717, 1.165) is 16.0 Å². The highest BCUT2D eigenvalue weighted by Gasteiger charge is 2.85. The molecule has 2 saturated carbocycles. The summed E-state index contributed by atoms with van der Waals surface area (Å²) < 4.78 is 6.43. The normalized spacial score (nSPS) is 34.8. The van der Waals surface area contributed by atoms with Gasteiger partial charge in [-0.25, -0.2) is 0 Å². The SMILES string of the molecule is C=CCN1CC2[C@@H]1[C@]1(O)CC[C@@H](N3C(=O)c4cccc([N+](=O)[O-])c4C3=O)[C@@H]3Oc4c(O)ccc(C)c4[C@@]231.